The van der Waals surface area contributed by atoms with Crippen molar-refractivity contribution in [2.45, 2.75) is 33.2 Å². The molecule has 1 aromatic carbocycles. The lowest BCUT2D eigenvalue weighted by molar-refractivity contribution is -0.145. The van der Waals surface area contributed by atoms with Gasteiger partial charge in [0.1, 0.15) is 6.04 Å². The summed E-state index contributed by atoms with van der Waals surface area (Å²) in [6.07, 6.45) is 1.53. The Morgan fingerprint density at radius 2 is 1.72 bits per heavy atom. The highest BCUT2D eigenvalue weighted by atomic mass is 32.2. The van der Waals surface area contributed by atoms with Crippen LogP contribution in [0, 0.1) is 12.8 Å². The predicted octanol–water partition coefficient (Wildman–Crippen LogP) is 2.33. The molecule has 2 aromatic rings. The minimum atomic E-state index is -3.27. The second-order valence-electron chi connectivity index (χ2n) is 7.77. The zero-order chi connectivity index (χ0) is 23.9. The molecule has 2 rings (SSSR count). The van der Waals surface area contributed by atoms with Crippen LogP contribution < -0.4 is 10.0 Å². The number of nitrogens with one attached hydrogen (secondary N) is 2. The van der Waals surface area contributed by atoms with Gasteiger partial charge in [0.05, 0.1) is 11.1 Å². The molecule has 2 N–H and O–H groups in total. The number of amides is 1. The van der Waals surface area contributed by atoms with E-state index in [9.17, 15) is 22.8 Å². The van der Waals surface area contributed by atoms with Crippen molar-refractivity contribution < 1.29 is 27.5 Å². The molecule has 0 aliphatic carbocycles. The third kappa shape index (κ3) is 8.18. The van der Waals surface area contributed by atoms with E-state index in [1.54, 1.807) is 38.1 Å². The molecule has 1 heterocycles. The first-order valence-electron chi connectivity index (χ1n) is 10.1. The van der Waals surface area contributed by atoms with Crippen molar-refractivity contribution in [1.82, 2.24) is 10.0 Å². The third-order valence-corrected chi connectivity index (χ3v) is 6.45. The van der Waals surface area contributed by atoms with E-state index in [2.05, 4.69) is 10.0 Å². The van der Waals surface area contributed by atoms with E-state index in [0.717, 1.165) is 16.7 Å². The minimum absolute atomic E-state index is 0.234. The van der Waals surface area contributed by atoms with Crippen LogP contribution >= 0.6 is 11.3 Å². The summed E-state index contributed by atoms with van der Waals surface area (Å²) in [5.74, 6) is -1.67. The van der Waals surface area contributed by atoms with Gasteiger partial charge in [0.15, 0.2) is 6.61 Å². The van der Waals surface area contributed by atoms with Crippen LogP contribution in [-0.2, 0) is 26.0 Å². The summed E-state index contributed by atoms with van der Waals surface area (Å²) in [6, 6.07) is 9.44. The summed E-state index contributed by atoms with van der Waals surface area (Å²) in [5.41, 5.74) is 1.45. The van der Waals surface area contributed by atoms with Crippen molar-refractivity contribution in [3.05, 3.63) is 57.3 Å². The predicted molar refractivity (Wildman–Crippen MR) is 123 cm³/mol. The first-order valence-corrected chi connectivity index (χ1v) is 12.8. The molecule has 0 unspecified atom stereocenters. The normalized spacial score (nSPS) is 12.4. The molecule has 0 radical (unpaired) electrons. The van der Waals surface area contributed by atoms with Crippen molar-refractivity contribution in [1.29, 1.82) is 0 Å². The molecule has 32 heavy (non-hydrogen) atoms. The topological polar surface area (TPSA) is 119 Å². The van der Waals surface area contributed by atoms with Gasteiger partial charge in [0.25, 0.3) is 5.91 Å². The second kappa shape index (κ2) is 11.3. The summed E-state index contributed by atoms with van der Waals surface area (Å²) in [7, 11) is -3.27. The molecular weight excluding hydrogens is 452 g/mol. The van der Waals surface area contributed by atoms with Gasteiger partial charge in [-0.15, -0.1) is 11.3 Å². The smallest absolute Gasteiger partial charge is 0.329 e. The summed E-state index contributed by atoms with van der Waals surface area (Å²) in [4.78, 5) is 38.6. The molecule has 0 fully saturated rings. The number of thiophene rings is 1. The van der Waals surface area contributed by atoms with E-state index >= 15 is 0 Å². The number of carbonyl (C=O) groups is 3. The van der Waals surface area contributed by atoms with Crippen LogP contribution in [0.25, 0.3) is 0 Å². The fourth-order valence-corrected chi connectivity index (χ4v) is 4.15. The maximum atomic E-state index is 12.5. The van der Waals surface area contributed by atoms with E-state index in [0.29, 0.717) is 16.9 Å². The average molecular weight is 481 g/mol. The number of sulfonamides is 1. The molecule has 0 aliphatic heterocycles. The second-order valence-corrected chi connectivity index (χ2v) is 10.8. The number of carbonyl (C=O) groups excluding carboxylic acids is 3. The molecular formula is C22H28N2O6S2. The SMILES string of the molecule is Cc1ccc(C(=O)N[C@H](C(=O)OCC(=O)c2ccc(CCNS(C)(=O)=O)s2)C(C)C)cc1. The Bertz CT molecular complexity index is 1060. The highest BCUT2D eigenvalue weighted by Crippen LogP contribution is 2.18. The van der Waals surface area contributed by atoms with Gasteiger partial charge in [-0.05, 0) is 43.5 Å². The van der Waals surface area contributed by atoms with Gasteiger partial charge in [-0.1, -0.05) is 31.5 Å². The summed E-state index contributed by atoms with van der Waals surface area (Å²) in [5, 5.41) is 2.68. The van der Waals surface area contributed by atoms with Crippen LogP contribution in [0.3, 0.4) is 0 Å². The number of aryl methyl sites for hydroxylation is 1. The fourth-order valence-electron chi connectivity index (χ4n) is 2.75. The van der Waals surface area contributed by atoms with Crippen molar-refractivity contribution in [2.24, 2.45) is 5.92 Å². The lowest BCUT2D eigenvalue weighted by Crippen LogP contribution is -2.45. The van der Waals surface area contributed by atoms with Gasteiger partial charge in [0.2, 0.25) is 15.8 Å². The Kier molecular flexibility index (Phi) is 9.11. The molecule has 8 nitrogen and oxygen atoms in total. The minimum Gasteiger partial charge on any atom is -0.456 e. The van der Waals surface area contributed by atoms with Crippen LogP contribution in [0.2, 0.25) is 0 Å². The van der Waals surface area contributed by atoms with Crippen LogP contribution in [-0.4, -0.2) is 51.5 Å². The fraction of sp³-hybridized carbons (Fsp3) is 0.409. The van der Waals surface area contributed by atoms with Crippen LogP contribution in [0.4, 0.5) is 0 Å². The molecule has 10 heteroatoms. The lowest BCUT2D eigenvalue weighted by Gasteiger charge is -2.20. The summed E-state index contributed by atoms with van der Waals surface area (Å²) < 4.78 is 29.8. The summed E-state index contributed by atoms with van der Waals surface area (Å²) >= 11 is 1.22. The van der Waals surface area contributed by atoms with E-state index in [1.165, 1.54) is 11.3 Å². The van der Waals surface area contributed by atoms with E-state index in [1.807, 2.05) is 19.1 Å². The van der Waals surface area contributed by atoms with Gasteiger partial charge in [0, 0.05) is 17.0 Å². The van der Waals surface area contributed by atoms with Gasteiger partial charge in [-0.25, -0.2) is 17.9 Å². The zero-order valence-electron chi connectivity index (χ0n) is 18.5. The first kappa shape index (κ1) is 25.7. The number of esters is 1. The number of hydrogen-bond acceptors (Lipinski definition) is 7. The van der Waals surface area contributed by atoms with Crippen molar-refractivity contribution in [3.8, 4) is 0 Å². The average Bonchev–Trinajstić information content (AvgIpc) is 3.18. The van der Waals surface area contributed by atoms with E-state index in [-0.39, 0.29) is 18.2 Å². The Balaban J connectivity index is 1.90. The highest BCUT2D eigenvalue weighted by molar-refractivity contribution is 7.88. The maximum Gasteiger partial charge on any atom is 0.329 e. The molecule has 1 amide bonds. The number of Topliss-reactive ketones (excluding diaryl/α,β-unsaturated/α-hetero) is 1. The summed E-state index contributed by atoms with van der Waals surface area (Å²) in [6.45, 7) is 5.26. The van der Waals surface area contributed by atoms with Crippen molar-refractivity contribution >= 4 is 39.0 Å². The van der Waals surface area contributed by atoms with E-state index < -0.39 is 34.5 Å². The Morgan fingerprint density at radius 3 is 2.31 bits per heavy atom. The molecule has 1 aromatic heterocycles. The standard InChI is InChI=1S/C22H28N2O6S2/c1-14(2)20(24-21(26)16-7-5-15(3)6-8-16)22(27)30-13-18(25)19-10-9-17(31-19)11-12-23-32(4,28)29/h5-10,14,20,23H,11-13H2,1-4H3,(H,24,26)/t20-/m0/s1. The lowest BCUT2D eigenvalue weighted by atomic mass is 10.0. The highest BCUT2D eigenvalue weighted by Gasteiger charge is 2.27. The Hall–Kier alpha value is -2.56. The van der Waals surface area contributed by atoms with Gasteiger partial charge >= 0.3 is 5.97 Å². The van der Waals surface area contributed by atoms with Gasteiger partial charge in [-0.2, -0.15) is 0 Å². The molecule has 174 valence electrons. The monoisotopic (exact) mass is 480 g/mol. The zero-order valence-corrected chi connectivity index (χ0v) is 20.1. The molecule has 0 spiro atoms. The Morgan fingerprint density at radius 1 is 1.06 bits per heavy atom. The number of ether oxygens (including phenoxy) is 1. The van der Waals surface area contributed by atoms with Crippen LogP contribution in [0.15, 0.2) is 36.4 Å². The number of benzene rings is 1. The number of hydrogen-bond donors (Lipinski definition) is 2. The quantitative estimate of drug-likeness (QED) is 0.376. The molecule has 0 saturated heterocycles. The van der Waals surface area contributed by atoms with Crippen LogP contribution in [0.5, 0.6) is 0 Å². The van der Waals surface area contributed by atoms with Gasteiger partial charge in [-0.3, -0.25) is 9.59 Å². The first-order chi connectivity index (χ1) is 15.0. The van der Waals surface area contributed by atoms with Crippen LogP contribution in [0.1, 0.15) is 44.3 Å². The number of rotatable bonds is 11. The largest absolute Gasteiger partial charge is 0.456 e. The van der Waals surface area contributed by atoms with E-state index in [4.69, 9.17) is 4.74 Å². The maximum absolute atomic E-state index is 12.5. The molecule has 0 aliphatic rings. The Labute approximate surface area is 192 Å². The molecule has 0 saturated carbocycles. The van der Waals surface area contributed by atoms with Crippen molar-refractivity contribution in [3.63, 3.8) is 0 Å². The number of ketones is 1. The molecule has 0 bridgehead atoms. The third-order valence-electron chi connectivity index (χ3n) is 4.54. The molecule has 1 atom stereocenters. The van der Waals surface area contributed by atoms with Gasteiger partial charge < -0.3 is 10.1 Å². The van der Waals surface area contributed by atoms with Crippen molar-refractivity contribution in [2.75, 3.05) is 19.4 Å².